The van der Waals surface area contributed by atoms with Gasteiger partial charge < -0.3 is 4.90 Å². The zero-order valence-electron chi connectivity index (χ0n) is 15.3. The molecule has 0 radical (unpaired) electrons. The fraction of sp³-hybridized carbons (Fsp3) is 0.316. The highest BCUT2D eigenvalue weighted by Gasteiger charge is 2.24. The van der Waals surface area contributed by atoms with Crippen LogP contribution in [0, 0.1) is 5.92 Å². The highest BCUT2D eigenvalue weighted by molar-refractivity contribution is 7.92. The molecule has 0 aliphatic heterocycles. The van der Waals surface area contributed by atoms with E-state index >= 15 is 0 Å². The monoisotopic (exact) mass is 394 g/mol. The summed E-state index contributed by atoms with van der Waals surface area (Å²) < 4.78 is 27.0. The van der Waals surface area contributed by atoms with Crippen LogP contribution in [0.25, 0.3) is 0 Å². The largest absolute Gasteiger partial charge is 0.341 e. The summed E-state index contributed by atoms with van der Waals surface area (Å²) in [5.41, 5.74) is 0.713. The van der Waals surface area contributed by atoms with E-state index < -0.39 is 10.0 Å². The first-order valence-corrected chi connectivity index (χ1v) is 10.1. The standard InChI is InChI=1S/C19H23ClN2O3S/c1-14(2)13-21(3)19(23)17-12-16(10-11-18(17)20)26(24,25)22(4)15-8-6-5-7-9-15/h5-12,14H,13H2,1-4H3. The van der Waals surface area contributed by atoms with Crippen molar-refractivity contribution in [2.45, 2.75) is 18.7 Å². The number of para-hydroxylation sites is 1. The molecule has 0 aromatic heterocycles. The maximum absolute atomic E-state index is 12.9. The molecule has 2 aromatic carbocycles. The second-order valence-electron chi connectivity index (χ2n) is 6.53. The van der Waals surface area contributed by atoms with Crippen LogP contribution in [-0.4, -0.2) is 39.9 Å². The van der Waals surface area contributed by atoms with E-state index in [-0.39, 0.29) is 21.4 Å². The fourth-order valence-electron chi connectivity index (χ4n) is 2.60. The van der Waals surface area contributed by atoms with Crippen LogP contribution in [0.1, 0.15) is 24.2 Å². The Labute approximate surface area is 160 Å². The second kappa shape index (κ2) is 8.10. The summed E-state index contributed by atoms with van der Waals surface area (Å²) in [6.07, 6.45) is 0. The lowest BCUT2D eigenvalue weighted by Crippen LogP contribution is -2.31. The van der Waals surface area contributed by atoms with Crippen LogP contribution in [0.5, 0.6) is 0 Å². The minimum atomic E-state index is -3.81. The van der Waals surface area contributed by atoms with E-state index in [1.165, 1.54) is 29.6 Å². The number of amides is 1. The van der Waals surface area contributed by atoms with Gasteiger partial charge >= 0.3 is 0 Å². The van der Waals surface area contributed by atoms with E-state index in [2.05, 4.69) is 0 Å². The number of halogens is 1. The lowest BCUT2D eigenvalue weighted by atomic mass is 10.1. The highest BCUT2D eigenvalue weighted by Crippen LogP contribution is 2.26. The van der Waals surface area contributed by atoms with E-state index in [1.54, 1.807) is 36.2 Å². The highest BCUT2D eigenvalue weighted by atomic mass is 35.5. The fourth-order valence-corrected chi connectivity index (χ4v) is 4.02. The molecule has 26 heavy (non-hydrogen) atoms. The second-order valence-corrected chi connectivity index (χ2v) is 8.91. The number of benzene rings is 2. The molecule has 0 atom stereocenters. The average Bonchev–Trinajstić information content (AvgIpc) is 2.60. The van der Waals surface area contributed by atoms with Crippen molar-refractivity contribution >= 4 is 33.2 Å². The number of hydrogen-bond acceptors (Lipinski definition) is 3. The van der Waals surface area contributed by atoms with Crippen LogP contribution in [-0.2, 0) is 10.0 Å². The quantitative estimate of drug-likeness (QED) is 0.746. The first-order valence-electron chi connectivity index (χ1n) is 8.23. The Morgan fingerprint density at radius 2 is 1.69 bits per heavy atom. The number of carbonyl (C=O) groups is 1. The smallest absolute Gasteiger partial charge is 0.264 e. The summed E-state index contributed by atoms with van der Waals surface area (Å²) in [5, 5.41) is 0.229. The van der Waals surface area contributed by atoms with Gasteiger partial charge in [-0.15, -0.1) is 0 Å². The van der Waals surface area contributed by atoms with Crippen LogP contribution in [0.15, 0.2) is 53.4 Å². The number of nitrogens with zero attached hydrogens (tertiary/aromatic N) is 2. The van der Waals surface area contributed by atoms with Crippen molar-refractivity contribution in [3.63, 3.8) is 0 Å². The van der Waals surface area contributed by atoms with Crippen molar-refractivity contribution in [2.24, 2.45) is 5.92 Å². The first kappa shape index (κ1) is 20.3. The molecule has 0 aliphatic carbocycles. The number of rotatable bonds is 6. The van der Waals surface area contributed by atoms with Gasteiger partial charge in [-0.3, -0.25) is 9.10 Å². The third-order valence-corrected chi connectivity index (χ3v) is 6.04. The van der Waals surface area contributed by atoms with Gasteiger partial charge in [-0.1, -0.05) is 43.6 Å². The Morgan fingerprint density at radius 3 is 2.27 bits per heavy atom. The lowest BCUT2D eigenvalue weighted by molar-refractivity contribution is 0.0779. The molecular formula is C19H23ClN2O3S. The Balaban J connectivity index is 2.41. The van der Waals surface area contributed by atoms with E-state index in [4.69, 9.17) is 11.6 Å². The third-order valence-electron chi connectivity index (χ3n) is 3.93. The van der Waals surface area contributed by atoms with Crippen molar-refractivity contribution < 1.29 is 13.2 Å². The zero-order valence-corrected chi connectivity index (χ0v) is 16.9. The summed E-state index contributed by atoms with van der Waals surface area (Å²) in [4.78, 5) is 14.2. The molecule has 0 fully saturated rings. The summed E-state index contributed by atoms with van der Waals surface area (Å²) in [6.45, 7) is 4.55. The molecule has 0 saturated heterocycles. The van der Waals surface area contributed by atoms with Crippen LogP contribution in [0.4, 0.5) is 5.69 Å². The predicted octanol–water partition coefficient (Wildman–Crippen LogP) is 3.89. The Hall–Kier alpha value is -2.05. The van der Waals surface area contributed by atoms with Gasteiger partial charge in [-0.2, -0.15) is 0 Å². The van der Waals surface area contributed by atoms with Gasteiger partial charge in [0.1, 0.15) is 0 Å². The molecule has 5 nitrogen and oxygen atoms in total. The predicted molar refractivity (Wildman–Crippen MR) is 105 cm³/mol. The van der Waals surface area contributed by atoms with Crippen molar-refractivity contribution in [3.05, 3.63) is 59.1 Å². The van der Waals surface area contributed by atoms with Crippen molar-refractivity contribution in [1.29, 1.82) is 0 Å². The van der Waals surface area contributed by atoms with Crippen LogP contribution in [0.2, 0.25) is 5.02 Å². The van der Waals surface area contributed by atoms with E-state index in [0.717, 1.165) is 0 Å². The SMILES string of the molecule is CC(C)CN(C)C(=O)c1cc(S(=O)(=O)N(C)c2ccccc2)ccc1Cl. The molecular weight excluding hydrogens is 372 g/mol. The average molecular weight is 395 g/mol. The minimum Gasteiger partial charge on any atom is -0.341 e. The Bertz CT molecular complexity index is 883. The summed E-state index contributed by atoms with van der Waals surface area (Å²) in [5.74, 6) is -0.0121. The normalized spacial score (nSPS) is 11.5. The molecule has 0 heterocycles. The summed E-state index contributed by atoms with van der Waals surface area (Å²) in [6, 6.07) is 13.0. The lowest BCUT2D eigenvalue weighted by Gasteiger charge is -2.22. The van der Waals surface area contributed by atoms with Gasteiger partial charge in [-0.05, 0) is 36.2 Å². The van der Waals surface area contributed by atoms with E-state index in [9.17, 15) is 13.2 Å². The van der Waals surface area contributed by atoms with Crippen molar-refractivity contribution in [3.8, 4) is 0 Å². The molecule has 2 aromatic rings. The van der Waals surface area contributed by atoms with Gasteiger partial charge in [-0.25, -0.2) is 8.42 Å². The molecule has 0 N–H and O–H groups in total. The summed E-state index contributed by atoms with van der Waals surface area (Å²) in [7, 11) is -0.655. The number of hydrogen-bond donors (Lipinski definition) is 0. The third kappa shape index (κ3) is 4.37. The van der Waals surface area contributed by atoms with E-state index in [1.807, 2.05) is 19.9 Å². The first-order chi connectivity index (χ1) is 12.1. The van der Waals surface area contributed by atoms with Crippen LogP contribution >= 0.6 is 11.6 Å². The molecule has 0 unspecified atom stereocenters. The van der Waals surface area contributed by atoms with Gasteiger partial charge in [0.25, 0.3) is 15.9 Å². The van der Waals surface area contributed by atoms with Crippen LogP contribution < -0.4 is 4.31 Å². The van der Waals surface area contributed by atoms with Crippen molar-refractivity contribution in [1.82, 2.24) is 4.90 Å². The maximum Gasteiger partial charge on any atom is 0.264 e. The number of sulfonamides is 1. The van der Waals surface area contributed by atoms with E-state index in [0.29, 0.717) is 18.2 Å². The molecule has 2 rings (SSSR count). The van der Waals surface area contributed by atoms with Crippen LogP contribution in [0.3, 0.4) is 0 Å². The topological polar surface area (TPSA) is 57.7 Å². The Morgan fingerprint density at radius 1 is 1.08 bits per heavy atom. The number of carbonyl (C=O) groups excluding carboxylic acids is 1. The molecule has 0 aliphatic rings. The minimum absolute atomic E-state index is 0.0227. The molecule has 1 amide bonds. The molecule has 0 saturated carbocycles. The van der Waals surface area contributed by atoms with Gasteiger partial charge in [0.05, 0.1) is 21.2 Å². The molecule has 140 valence electrons. The van der Waals surface area contributed by atoms with Crippen molar-refractivity contribution in [2.75, 3.05) is 24.9 Å². The zero-order chi connectivity index (χ0) is 19.5. The van der Waals surface area contributed by atoms with Gasteiger partial charge in [0.2, 0.25) is 0 Å². The summed E-state index contributed by atoms with van der Waals surface area (Å²) >= 11 is 6.16. The van der Waals surface area contributed by atoms with Gasteiger partial charge in [0.15, 0.2) is 0 Å². The maximum atomic E-state index is 12.9. The molecule has 0 bridgehead atoms. The molecule has 0 spiro atoms. The molecule has 7 heteroatoms. The Kier molecular flexibility index (Phi) is 6.31. The number of anilines is 1. The van der Waals surface area contributed by atoms with Gasteiger partial charge in [0, 0.05) is 20.6 Å².